The summed E-state index contributed by atoms with van der Waals surface area (Å²) in [6.07, 6.45) is -1.32. The van der Waals surface area contributed by atoms with Crippen molar-refractivity contribution in [1.82, 2.24) is 0 Å². The lowest BCUT2D eigenvalue weighted by atomic mass is 9.89. The summed E-state index contributed by atoms with van der Waals surface area (Å²) in [5.41, 5.74) is -0.0217. The van der Waals surface area contributed by atoms with Crippen LogP contribution in [0.2, 0.25) is 0 Å². The molecule has 0 aromatic heterocycles. The highest BCUT2D eigenvalue weighted by atomic mass is 16.7. The lowest BCUT2D eigenvalue weighted by molar-refractivity contribution is -0.205. The molecule has 1 aliphatic rings. The number of fused-ring (bicyclic) bond motifs is 1. The van der Waals surface area contributed by atoms with E-state index in [1.807, 2.05) is 0 Å². The molecule has 2 aromatic carbocycles. The molecule has 0 saturated heterocycles. The van der Waals surface area contributed by atoms with Crippen LogP contribution < -0.4 is 18.9 Å². The summed E-state index contributed by atoms with van der Waals surface area (Å²) in [6, 6.07) is 5.79. The van der Waals surface area contributed by atoms with Gasteiger partial charge in [-0.15, -0.1) is 0 Å². The number of aromatic hydroxyl groups is 2. The maximum absolute atomic E-state index is 13.0. The van der Waals surface area contributed by atoms with Crippen LogP contribution in [0.5, 0.6) is 34.5 Å². The van der Waals surface area contributed by atoms with Crippen molar-refractivity contribution in [3.8, 4) is 34.5 Å². The van der Waals surface area contributed by atoms with Gasteiger partial charge in [-0.3, -0.25) is 4.79 Å². The second-order valence-electron chi connectivity index (χ2n) is 5.99. The molecule has 0 spiro atoms. The summed E-state index contributed by atoms with van der Waals surface area (Å²) < 4.78 is 26.2. The number of hydrogen-bond acceptors (Lipinski definition) is 9. The number of Topliss-reactive ketones (excluding diaryl/α,β-unsaturated/α-hetero) is 1. The molecular weight excluding hydrogens is 372 g/mol. The lowest BCUT2D eigenvalue weighted by Gasteiger charge is -2.38. The summed E-state index contributed by atoms with van der Waals surface area (Å²) in [4.78, 5) is 13.0. The Balaban J connectivity index is 2.19. The molecule has 3 N–H and O–H groups in total. The van der Waals surface area contributed by atoms with Crippen LogP contribution in [-0.4, -0.2) is 55.3 Å². The number of rotatable bonds is 5. The van der Waals surface area contributed by atoms with Gasteiger partial charge < -0.3 is 39.0 Å². The van der Waals surface area contributed by atoms with Crippen molar-refractivity contribution in [3.05, 3.63) is 35.4 Å². The number of hydrogen-bond donors (Lipinski definition) is 3. The number of phenolic OH excluding ortho intramolecular Hbond substituents is 2. The van der Waals surface area contributed by atoms with Crippen molar-refractivity contribution < 1.29 is 43.8 Å². The van der Waals surface area contributed by atoms with Gasteiger partial charge in [0, 0.05) is 18.7 Å². The van der Waals surface area contributed by atoms with Gasteiger partial charge in [0.2, 0.25) is 11.5 Å². The highest BCUT2D eigenvalue weighted by molar-refractivity contribution is 6.08. The van der Waals surface area contributed by atoms with E-state index in [1.54, 1.807) is 12.1 Å². The van der Waals surface area contributed by atoms with Gasteiger partial charge in [-0.1, -0.05) is 6.07 Å². The Hall–Kier alpha value is -3.17. The molecule has 9 heteroatoms. The number of ketones is 1. The van der Waals surface area contributed by atoms with Crippen LogP contribution in [0.4, 0.5) is 0 Å². The van der Waals surface area contributed by atoms with E-state index < -0.39 is 29.2 Å². The summed E-state index contributed by atoms with van der Waals surface area (Å²) in [5, 5.41) is 31.3. The third-order valence-corrected chi connectivity index (χ3v) is 4.58. The van der Waals surface area contributed by atoms with Crippen molar-refractivity contribution in [2.75, 3.05) is 28.4 Å². The Labute approximate surface area is 160 Å². The van der Waals surface area contributed by atoms with Gasteiger partial charge in [0.1, 0.15) is 11.3 Å². The fourth-order valence-electron chi connectivity index (χ4n) is 3.14. The number of carbonyl (C=O) groups is 1. The number of aliphatic hydroxyl groups is 1. The second-order valence-corrected chi connectivity index (χ2v) is 5.99. The smallest absolute Gasteiger partial charge is 0.274 e. The fourth-order valence-corrected chi connectivity index (χ4v) is 3.14. The third-order valence-electron chi connectivity index (χ3n) is 4.58. The van der Waals surface area contributed by atoms with Crippen molar-refractivity contribution in [1.29, 1.82) is 0 Å². The minimum Gasteiger partial charge on any atom is -0.504 e. The number of phenols is 2. The second kappa shape index (κ2) is 7.10. The summed E-state index contributed by atoms with van der Waals surface area (Å²) in [7, 11) is 5.26. The van der Waals surface area contributed by atoms with Gasteiger partial charge in [-0.05, 0) is 12.1 Å². The van der Waals surface area contributed by atoms with Gasteiger partial charge in [0.25, 0.3) is 5.79 Å². The van der Waals surface area contributed by atoms with Gasteiger partial charge >= 0.3 is 0 Å². The molecule has 28 heavy (non-hydrogen) atoms. The monoisotopic (exact) mass is 392 g/mol. The molecule has 1 heterocycles. The van der Waals surface area contributed by atoms with Crippen LogP contribution in [0.3, 0.4) is 0 Å². The zero-order valence-electron chi connectivity index (χ0n) is 15.7. The maximum Gasteiger partial charge on any atom is 0.274 e. The predicted octanol–water partition coefficient (Wildman–Crippen LogP) is 1.77. The van der Waals surface area contributed by atoms with Crippen molar-refractivity contribution >= 4 is 5.78 Å². The summed E-state index contributed by atoms with van der Waals surface area (Å²) in [5.74, 6) is -4.17. The molecule has 9 nitrogen and oxygen atoms in total. The first-order valence-corrected chi connectivity index (χ1v) is 8.16. The molecule has 2 aromatic rings. The van der Waals surface area contributed by atoms with Crippen LogP contribution in [-0.2, 0) is 4.74 Å². The number of methoxy groups -OCH3 is 4. The molecule has 3 rings (SSSR count). The highest BCUT2D eigenvalue weighted by Gasteiger charge is 2.54. The fraction of sp³-hybridized carbons (Fsp3) is 0.316. The van der Waals surface area contributed by atoms with Gasteiger partial charge in [-0.2, -0.15) is 0 Å². The Bertz CT molecular complexity index is 924. The molecule has 0 fully saturated rings. The zero-order valence-corrected chi connectivity index (χ0v) is 15.7. The molecule has 2 atom stereocenters. The number of benzene rings is 2. The Morgan fingerprint density at radius 1 is 1.00 bits per heavy atom. The van der Waals surface area contributed by atoms with Crippen LogP contribution in [0.1, 0.15) is 22.0 Å². The van der Waals surface area contributed by atoms with E-state index in [2.05, 4.69) is 0 Å². The molecular formula is C19H20O9. The van der Waals surface area contributed by atoms with E-state index in [4.69, 9.17) is 23.7 Å². The molecule has 0 radical (unpaired) electrons. The van der Waals surface area contributed by atoms with Crippen LogP contribution in [0, 0.1) is 0 Å². The largest absolute Gasteiger partial charge is 0.504 e. The first-order chi connectivity index (χ1) is 13.3. The molecule has 0 aliphatic carbocycles. The Morgan fingerprint density at radius 2 is 1.68 bits per heavy atom. The van der Waals surface area contributed by atoms with Crippen LogP contribution in [0.15, 0.2) is 24.3 Å². The highest BCUT2D eigenvalue weighted by Crippen LogP contribution is 2.51. The zero-order chi connectivity index (χ0) is 20.6. The molecule has 0 amide bonds. The number of ether oxygens (including phenoxy) is 5. The lowest BCUT2D eigenvalue weighted by Crippen LogP contribution is -2.51. The first kappa shape index (κ1) is 19.6. The van der Waals surface area contributed by atoms with E-state index in [0.29, 0.717) is 17.1 Å². The normalized spacial score (nSPS) is 20.9. The van der Waals surface area contributed by atoms with Gasteiger partial charge in [0.05, 0.1) is 21.3 Å². The van der Waals surface area contributed by atoms with Crippen LogP contribution >= 0.6 is 0 Å². The molecule has 1 aliphatic heterocycles. The average molecular weight is 392 g/mol. The molecule has 150 valence electrons. The van der Waals surface area contributed by atoms with Crippen molar-refractivity contribution in [3.63, 3.8) is 0 Å². The average Bonchev–Trinajstić information content (AvgIpc) is 2.70. The van der Waals surface area contributed by atoms with E-state index >= 15 is 0 Å². The Kier molecular flexibility index (Phi) is 4.97. The number of carbonyl (C=O) groups excluding carboxylic acids is 1. The summed E-state index contributed by atoms with van der Waals surface area (Å²) in [6.45, 7) is 0. The summed E-state index contributed by atoms with van der Waals surface area (Å²) >= 11 is 0. The minimum atomic E-state index is -2.45. The van der Waals surface area contributed by atoms with Gasteiger partial charge in [0.15, 0.2) is 29.1 Å². The van der Waals surface area contributed by atoms with Gasteiger partial charge in [-0.25, -0.2) is 0 Å². The van der Waals surface area contributed by atoms with E-state index in [9.17, 15) is 20.1 Å². The standard InChI is InChI=1S/C19H20O9/c1-24-11-6-5-9(7-12(11)25-2)18-19(23,27-4)17(22)14-13(28-18)8-10(20)16(26-3)15(14)21/h5-8,18,20-21,23H,1-4H3. The first-order valence-electron chi connectivity index (χ1n) is 8.16. The quantitative estimate of drug-likeness (QED) is 0.653. The van der Waals surface area contributed by atoms with Crippen molar-refractivity contribution in [2.24, 2.45) is 0 Å². The topological polar surface area (TPSA) is 124 Å². The minimum absolute atomic E-state index is 0.137. The molecule has 0 bridgehead atoms. The third kappa shape index (κ3) is 2.76. The maximum atomic E-state index is 13.0. The van der Waals surface area contributed by atoms with E-state index in [1.165, 1.54) is 27.4 Å². The van der Waals surface area contributed by atoms with Crippen molar-refractivity contribution in [2.45, 2.75) is 11.9 Å². The molecule has 2 unspecified atom stereocenters. The van der Waals surface area contributed by atoms with Crippen LogP contribution in [0.25, 0.3) is 0 Å². The van der Waals surface area contributed by atoms with E-state index in [-0.39, 0.29) is 17.1 Å². The SMILES string of the molecule is COc1ccc(C2Oc3cc(O)c(OC)c(O)c3C(=O)C2(O)OC)cc1OC. The van der Waals surface area contributed by atoms with E-state index in [0.717, 1.165) is 13.2 Å². The Morgan fingerprint density at radius 3 is 2.25 bits per heavy atom. The predicted molar refractivity (Wildman–Crippen MR) is 95.5 cm³/mol. The molecule has 0 saturated carbocycles.